The van der Waals surface area contributed by atoms with E-state index in [9.17, 15) is 4.79 Å². The third-order valence-corrected chi connectivity index (χ3v) is 4.90. The van der Waals surface area contributed by atoms with Gasteiger partial charge in [0.2, 0.25) is 5.88 Å². The van der Waals surface area contributed by atoms with E-state index in [-0.39, 0.29) is 5.91 Å². The summed E-state index contributed by atoms with van der Waals surface area (Å²) in [6.45, 7) is 3.52. The van der Waals surface area contributed by atoms with Crippen LogP contribution < -0.4 is 10.6 Å². The minimum atomic E-state index is -0.174. The molecule has 132 valence electrons. The molecule has 1 aliphatic heterocycles. The van der Waals surface area contributed by atoms with E-state index in [2.05, 4.69) is 21.9 Å². The molecule has 2 fully saturated rings. The van der Waals surface area contributed by atoms with Gasteiger partial charge in [-0.15, -0.1) is 0 Å². The number of aromatic nitrogens is 1. The molecular weight excluding hydrogens is 318 g/mol. The van der Waals surface area contributed by atoms with Crippen LogP contribution in [0, 0.1) is 6.92 Å². The van der Waals surface area contributed by atoms with Gasteiger partial charge in [0.1, 0.15) is 0 Å². The molecule has 6 heteroatoms. The Morgan fingerprint density at radius 1 is 1.24 bits per heavy atom. The highest BCUT2D eigenvalue weighted by atomic mass is 16.5. The summed E-state index contributed by atoms with van der Waals surface area (Å²) in [7, 11) is 0. The molecule has 4 rings (SSSR count). The maximum Gasteiger partial charge on any atom is 0.258 e. The van der Waals surface area contributed by atoms with E-state index < -0.39 is 0 Å². The molecule has 2 atom stereocenters. The highest BCUT2D eigenvalue weighted by Crippen LogP contribution is 2.41. The first kappa shape index (κ1) is 16.3. The molecular formula is C19H23N3O3. The van der Waals surface area contributed by atoms with Gasteiger partial charge in [-0.2, -0.15) is 0 Å². The predicted molar refractivity (Wildman–Crippen MR) is 93.8 cm³/mol. The van der Waals surface area contributed by atoms with Crippen LogP contribution in [0.5, 0.6) is 0 Å². The molecule has 2 aromatic rings. The number of anilines is 1. The average Bonchev–Trinajstić information content (AvgIpc) is 3.28. The number of carbonyl (C=O) groups excluding carboxylic acids is 1. The van der Waals surface area contributed by atoms with Gasteiger partial charge in [-0.3, -0.25) is 10.1 Å². The number of hydrogen-bond acceptors (Lipinski definition) is 5. The first-order valence-corrected chi connectivity index (χ1v) is 8.87. The number of aryl methyl sites for hydroxylation is 1. The molecule has 25 heavy (non-hydrogen) atoms. The van der Waals surface area contributed by atoms with Crippen LogP contribution in [0.3, 0.4) is 0 Å². The van der Waals surface area contributed by atoms with Crippen molar-refractivity contribution in [3.63, 3.8) is 0 Å². The molecule has 1 aromatic heterocycles. The largest absolute Gasteiger partial charge is 0.381 e. The van der Waals surface area contributed by atoms with Crippen molar-refractivity contribution < 1.29 is 14.1 Å². The summed E-state index contributed by atoms with van der Waals surface area (Å²) < 4.78 is 10.5. The highest BCUT2D eigenvalue weighted by molar-refractivity contribution is 6.03. The van der Waals surface area contributed by atoms with Gasteiger partial charge in [0.25, 0.3) is 5.91 Å². The molecule has 1 aliphatic carbocycles. The number of nitrogens with one attached hydrogen (secondary N) is 2. The van der Waals surface area contributed by atoms with Crippen LogP contribution in [-0.2, 0) is 4.74 Å². The summed E-state index contributed by atoms with van der Waals surface area (Å²) in [5.41, 5.74) is 2.60. The Balaban J connectivity index is 1.37. The van der Waals surface area contributed by atoms with E-state index in [0.29, 0.717) is 29.4 Å². The maximum absolute atomic E-state index is 12.4. The standard InChI is InChI=1S/C19H23N3O3/c1-12-9-18(25-22-12)21-19(23)14-4-2-3-13(10-14)16-11-17(16)20-15-5-7-24-8-6-15/h2-4,9-10,15-17,20H,5-8,11H2,1H3,(H,21,23). The Kier molecular flexibility index (Phi) is 4.55. The Hall–Kier alpha value is -2.18. The summed E-state index contributed by atoms with van der Waals surface area (Å²) >= 11 is 0. The van der Waals surface area contributed by atoms with Crippen molar-refractivity contribution in [2.24, 2.45) is 0 Å². The fourth-order valence-corrected chi connectivity index (χ4v) is 3.43. The van der Waals surface area contributed by atoms with Gasteiger partial charge in [0, 0.05) is 42.8 Å². The Bertz CT molecular complexity index is 752. The SMILES string of the molecule is Cc1cc(NC(=O)c2cccc(C3CC3NC3CCOCC3)c2)on1. The van der Waals surface area contributed by atoms with Crippen LogP contribution in [0.15, 0.2) is 34.9 Å². The second kappa shape index (κ2) is 6.98. The summed E-state index contributed by atoms with van der Waals surface area (Å²) in [6, 6.07) is 10.6. The molecule has 0 radical (unpaired) electrons. The Morgan fingerprint density at radius 3 is 2.84 bits per heavy atom. The number of ether oxygens (including phenoxy) is 1. The molecule has 0 spiro atoms. The van der Waals surface area contributed by atoms with Crippen LogP contribution in [0.25, 0.3) is 0 Å². The minimum Gasteiger partial charge on any atom is -0.381 e. The van der Waals surface area contributed by atoms with Crippen LogP contribution in [0.4, 0.5) is 5.88 Å². The molecule has 2 N–H and O–H groups in total. The Morgan fingerprint density at radius 2 is 2.08 bits per heavy atom. The lowest BCUT2D eigenvalue weighted by Crippen LogP contribution is -2.36. The fourth-order valence-electron chi connectivity index (χ4n) is 3.43. The van der Waals surface area contributed by atoms with Gasteiger partial charge in [-0.05, 0) is 43.9 Å². The summed E-state index contributed by atoms with van der Waals surface area (Å²) in [5, 5.41) is 10.3. The van der Waals surface area contributed by atoms with Crippen LogP contribution in [0.1, 0.15) is 46.8 Å². The van der Waals surface area contributed by atoms with E-state index in [0.717, 1.165) is 38.2 Å². The van der Waals surface area contributed by atoms with Crippen molar-refractivity contribution in [2.45, 2.75) is 44.2 Å². The number of benzene rings is 1. The number of rotatable bonds is 5. The molecule has 1 aromatic carbocycles. The van der Waals surface area contributed by atoms with E-state index in [1.165, 1.54) is 5.56 Å². The summed E-state index contributed by atoms with van der Waals surface area (Å²) in [5.74, 6) is 0.689. The second-order valence-electron chi connectivity index (χ2n) is 6.91. The Labute approximate surface area is 146 Å². The summed E-state index contributed by atoms with van der Waals surface area (Å²) in [6.07, 6.45) is 3.30. The van der Waals surface area contributed by atoms with E-state index in [1.807, 2.05) is 25.1 Å². The molecule has 1 saturated carbocycles. The fraction of sp³-hybridized carbons (Fsp3) is 0.474. The molecule has 2 aliphatic rings. The number of carbonyl (C=O) groups is 1. The van der Waals surface area contributed by atoms with Crippen molar-refractivity contribution in [1.82, 2.24) is 10.5 Å². The first-order valence-electron chi connectivity index (χ1n) is 8.87. The zero-order valence-corrected chi connectivity index (χ0v) is 14.3. The van der Waals surface area contributed by atoms with Gasteiger partial charge in [0.05, 0.1) is 5.69 Å². The van der Waals surface area contributed by atoms with E-state index in [1.54, 1.807) is 6.07 Å². The molecule has 0 bridgehead atoms. The lowest BCUT2D eigenvalue weighted by molar-refractivity contribution is 0.0774. The van der Waals surface area contributed by atoms with Crippen molar-refractivity contribution in [1.29, 1.82) is 0 Å². The van der Waals surface area contributed by atoms with Crippen LogP contribution >= 0.6 is 0 Å². The van der Waals surface area contributed by atoms with Crippen molar-refractivity contribution in [3.8, 4) is 0 Å². The maximum atomic E-state index is 12.4. The topological polar surface area (TPSA) is 76.4 Å². The van der Waals surface area contributed by atoms with E-state index in [4.69, 9.17) is 9.26 Å². The van der Waals surface area contributed by atoms with Crippen molar-refractivity contribution in [2.75, 3.05) is 18.5 Å². The molecule has 1 saturated heterocycles. The third kappa shape index (κ3) is 3.91. The quantitative estimate of drug-likeness (QED) is 0.874. The van der Waals surface area contributed by atoms with Gasteiger partial charge in [0.15, 0.2) is 0 Å². The van der Waals surface area contributed by atoms with Gasteiger partial charge in [-0.25, -0.2) is 0 Å². The number of amides is 1. The van der Waals surface area contributed by atoms with Crippen molar-refractivity contribution in [3.05, 3.63) is 47.2 Å². The number of hydrogen-bond donors (Lipinski definition) is 2. The van der Waals surface area contributed by atoms with E-state index >= 15 is 0 Å². The second-order valence-corrected chi connectivity index (χ2v) is 6.91. The third-order valence-electron chi connectivity index (χ3n) is 4.90. The summed E-state index contributed by atoms with van der Waals surface area (Å²) in [4.78, 5) is 12.4. The smallest absolute Gasteiger partial charge is 0.258 e. The molecule has 2 unspecified atom stereocenters. The van der Waals surface area contributed by atoms with Crippen molar-refractivity contribution >= 4 is 11.8 Å². The van der Waals surface area contributed by atoms with Crippen LogP contribution in [0.2, 0.25) is 0 Å². The van der Waals surface area contributed by atoms with Crippen LogP contribution in [-0.4, -0.2) is 36.4 Å². The monoisotopic (exact) mass is 341 g/mol. The lowest BCUT2D eigenvalue weighted by Gasteiger charge is -2.23. The van der Waals surface area contributed by atoms with Gasteiger partial charge < -0.3 is 14.6 Å². The van der Waals surface area contributed by atoms with Gasteiger partial charge >= 0.3 is 0 Å². The normalized spacial score (nSPS) is 23.4. The zero-order chi connectivity index (χ0) is 17.2. The zero-order valence-electron chi connectivity index (χ0n) is 14.3. The first-order chi connectivity index (χ1) is 12.2. The highest BCUT2D eigenvalue weighted by Gasteiger charge is 2.39. The molecule has 2 heterocycles. The lowest BCUT2D eigenvalue weighted by atomic mass is 10.1. The number of nitrogens with zero attached hydrogens (tertiary/aromatic N) is 1. The van der Waals surface area contributed by atoms with Gasteiger partial charge in [-0.1, -0.05) is 17.3 Å². The molecule has 1 amide bonds. The predicted octanol–water partition coefficient (Wildman–Crippen LogP) is 2.86. The molecule has 6 nitrogen and oxygen atoms in total. The minimum absolute atomic E-state index is 0.174. The average molecular weight is 341 g/mol.